The van der Waals surface area contributed by atoms with Crippen molar-refractivity contribution >= 4 is 32.4 Å². The van der Waals surface area contributed by atoms with Gasteiger partial charge < -0.3 is 10.4 Å². The number of rotatable bonds is 4. The lowest BCUT2D eigenvalue weighted by Crippen LogP contribution is -2.20. The molecule has 0 aliphatic heterocycles. The van der Waals surface area contributed by atoms with Gasteiger partial charge in [0.15, 0.2) is 5.13 Å². The van der Waals surface area contributed by atoms with Crippen molar-refractivity contribution < 1.29 is 5.11 Å². The number of halogens is 1. The number of aliphatic hydroxyl groups is 1. The molecule has 0 spiro atoms. The topological polar surface area (TPSA) is 45.1 Å². The summed E-state index contributed by atoms with van der Waals surface area (Å²) in [5.41, 5.74) is 0. The Kier molecular flexibility index (Phi) is 4.15. The molecule has 0 radical (unpaired) electrons. The Morgan fingerprint density at radius 3 is 2.85 bits per heavy atom. The van der Waals surface area contributed by atoms with E-state index in [2.05, 4.69) is 26.2 Å². The molecule has 5 heteroatoms. The van der Waals surface area contributed by atoms with E-state index in [0.29, 0.717) is 0 Å². The Balaban J connectivity index is 2.40. The third-order valence-corrected chi connectivity index (χ3v) is 3.02. The van der Waals surface area contributed by atoms with Gasteiger partial charge in [-0.3, -0.25) is 0 Å². The normalized spacial score (nSPS) is 15.4. The third-order valence-electron chi connectivity index (χ3n) is 1.54. The molecule has 0 amide bonds. The Hall–Kier alpha value is -0.130. The second-order valence-electron chi connectivity index (χ2n) is 3.11. The van der Waals surface area contributed by atoms with E-state index in [1.807, 2.05) is 12.3 Å². The van der Waals surface area contributed by atoms with E-state index >= 15 is 0 Å². The van der Waals surface area contributed by atoms with Crippen molar-refractivity contribution in [1.29, 1.82) is 0 Å². The zero-order valence-corrected chi connectivity index (χ0v) is 10.0. The number of nitrogens with one attached hydrogen (secondary N) is 1. The average molecular weight is 265 g/mol. The van der Waals surface area contributed by atoms with Crippen LogP contribution in [0.15, 0.2) is 9.98 Å². The van der Waals surface area contributed by atoms with Crippen LogP contribution in [0.4, 0.5) is 5.13 Å². The SMILES string of the molecule is CC(O)CC(C)Nc1nc(Br)cs1. The Bertz CT molecular complexity index is 264. The van der Waals surface area contributed by atoms with Crippen LogP contribution < -0.4 is 5.32 Å². The van der Waals surface area contributed by atoms with E-state index in [1.165, 1.54) is 0 Å². The van der Waals surface area contributed by atoms with Gasteiger partial charge in [0.05, 0.1) is 6.10 Å². The predicted molar refractivity (Wildman–Crippen MR) is 59.2 cm³/mol. The van der Waals surface area contributed by atoms with E-state index in [-0.39, 0.29) is 12.1 Å². The van der Waals surface area contributed by atoms with Gasteiger partial charge >= 0.3 is 0 Å². The first-order valence-corrected chi connectivity index (χ1v) is 5.81. The lowest BCUT2D eigenvalue weighted by molar-refractivity contribution is 0.179. The Morgan fingerprint density at radius 2 is 2.38 bits per heavy atom. The fourth-order valence-corrected chi connectivity index (χ4v) is 2.36. The zero-order valence-electron chi connectivity index (χ0n) is 7.62. The molecule has 3 nitrogen and oxygen atoms in total. The lowest BCUT2D eigenvalue weighted by Gasteiger charge is -2.13. The van der Waals surface area contributed by atoms with Crippen LogP contribution in [0.1, 0.15) is 20.3 Å². The first kappa shape index (κ1) is 10.9. The number of aromatic nitrogens is 1. The van der Waals surface area contributed by atoms with Crippen LogP contribution in [-0.4, -0.2) is 22.2 Å². The van der Waals surface area contributed by atoms with Gasteiger partial charge in [-0.25, -0.2) is 4.98 Å². The van der Waals surface area contributed by atoms with Crippen molar-refractivity contribution in [3.05, 3.63) is 9.98 Å². The molecule has 2 atom stereocenters. The maximum absolute atomic E-state index is 9.14. The van der Waals surface area contributed by atoms with Crippen LogP contribution in [0.2, 0.25) is 0 Å². The summed E-state index contributed by atoms with van der Waals surface area (Å²) < 4.78 is 0.851. The fourth-order valence-electron chi connectivity index (χ4n) is 1.10. The molecule has 1 aromatic rings. The molecule has 1 heterocycles. The average Bonchev–Trinajstić information content (AvgIpc) is 2.33. The van der Waals surface area contributed by atoms with Gasteiger partial charge in [-0.05, 0) is 36.2 Å². The molecule has 1 rings (SSSR count). The molecule has 0 fully saturated rings. The van der Waals surface area contributed by atoms with Crippen molar-refractivity contribution in [3.8, 4) is 0 Å². The number of thiazole rings is 1. The first-order valence-electron chi connectivity index (χ1n) is 4.13. The van der Waals surface area contributed by atoms with Gasteiger partial charge in [0.1, 0.15) is 4.60 Å². The van der Waals surface area contributed by atoms with Crippen molar-refractivity contribution in [2.24, 2.45) is 0 Å². The second-order valence-corrected chi connectivity index (χ2v) is 4.78. The van der Waals surface area contributed by atoms with Crippen LogP contribution >= 0.6 is 27.3 Å². The number of aliphatic hydroxyl groups excluding tert-OH is 1. The molecule has 74 valence electrons. The van der Waals surface area contributed by atoms with Crippen molar-refractivity contribution in [2.75, 3.05) is 5.32 Å². The monoisotopic (exact) mass is 264 g/mol. The van der Waals surface area contributed by atoms with Crippen LogP contribution in [0.3, 0.4) is 0 Å². The number of hydrogen-bond donors (Lipinski definition) is 2. The maximum atomic E-state index is 9.14. The highest BCUT2D eigenvalue weighted by Gasteiger charge is 2.07. The summed E-state index contributed by atoms with van der Waals surface area (Å²) in [5.74, 6) is 0. The molecule has 0 bridgehead atoms. The zero-order chi connectivity index (χ0) is 9.84. The van der Waals surface area contributed by atoms with E-state index in [1.54, 1.807) is 18.3 Å². The van der Waals surface area contributed by atoms with Gasteiger partial charge in [-0.2, -0.15) is 0 Å². The third kappa shape index (κ3) is 4.06. The summed E-state index contributed by atoms with van der Waals surface area (Å²) in [5, 5.41) is 15.2. The Labute approximate surface area is 90.3 Å². The van der Waals surface area contributed by atoms with Gasteiger partial charge in [0, 0.05) is 11.4 Å². The molecular formula is C8H13BrN2OS. The molecule has 0 aliphatic carbocycles. The van der Waals surface area contributed by atoms with E-state index in [9.17, 15) is 0 Å². The minimum absolute atomic E-state index is 0.248. The van der Waals surface area contributed by atoms with Gasteiger partial charge in [0.2, 0.25) is 0 Å². The van der Waals surface area contributed by atoms with Crippen LogP contribution in [-0.2, 0) is 0 Å². The highest BCUT2D eigenvalue weighted by atomic mass is 79.9. The molecule has 0 saturated heterocycles. The molecule has 13 heavy (non-hydrogen) atoms. The van der Waals surface area contributed by atoms with Gasteiger partial charge in [-0.1, -0.05) is 0 Å². The highest BCUT2D eigenvalue weighted by molar-refractivity contribution is 9.10. The van der Waals surface area contributed by atoms with Gasteiger partial charge in [-0.15, -0.1) is 11.3 Å². The predicted octanol–water partition coefficient (Wildman–Crippen LogP) is 2.48. The summed E-state index contributed by atoms with van der Waals surface area (Å²) in [6, 6.07) is 0.248. The molecule has 0 saturated carbocycles. The highest BCUT2D eigenvalue weighted by Crippen LogP contribution is 2.20. The molecule has 1 aromatic heterocycles. The molecule has 0 aromatic carbocycles. The molecule has 2 unspecified atom stereocenters. The quantitative estimate of drug-likeness (QED) is 0.879. The number of anilines is 1. The molecule has 2 N–H and O–H groups in total. The van der Waals surface area contributed by atoms with Crippen molar-refractivity contribution in [3.63, 3.8) is 0 Å². The van der Waals surface area contributed by atoms with E-state index in [0.717, 1.165) is 16.2 Å². The fraction of sp³-hybridized carbons (Fsp3) is 0.625. The van der Waals surface area contributed by atoms with E-state index < -0.39 is 0 Å². The largest absolute Gasteiger partial charge is 0.393 e. The molecule has 0 aliphatic rings. The van der Waals surface area contributed by atoms with Crippen LogP contribution in [0, 0.1) is 0 Å². The van der Waals surface area contributed by atoms with E-state index in [4.69, 9.17) is 5.11 Å². The second kappa shape index (κ2) is 4.93. The summed E-state index contributed by atoms with van der Waals surface area (Å²) >= 11 is 4.84. The summed E-state index contributed by atoms with van der Waals surface area (Å²) in [4.78, 5) is 4.20. The minimum atomic E-state index is -0.272. The number of hydrogen-bond acceptors (Lipinski definition) is 4. The lowest BCUT2D eigenvalue weighted by atomic mass is 10.2. The summed E-state index contributed by atoms with van der Waals surface area (Å²) in [7, 11) is 0. The van der Waals surface area contributed by atoms with Crippen molar-refractivity contribution in [2.45, 2.75) is 32.4 Å². The Morgan fingerprint density at radius 1 is 1.69 bits per heavy atom. The minimum Gasteiger partial charge on any atom is -0.393 e. The maximum Gasteiger partial charge on any atom is 0.183 e. The summed E-state index contributed by atoms with van der Waals surface area (Å²) in [6.45, 7) is 3.82. The van der Waals surface area contributed by atoms with Crippen LogP contribution in [0.25, 0.3) is 0 Å². The number of nitrogens with zero attached hydrogens (tertiary/aromatic N) is 1. The smallest absolute Gasteiger partial charge is 0.183 e. The van der Waals surface area contributed by atoms with Gasteiger partial charge in [0.25, 0.3) is 0 Å². The summed E-state index contributed by atoms with van der Waals surface area (Å²) in [6.07, 6.45) is 0.461. The first-order chi connectivity index (χ1) is 6.08. The van der Waals surface area contributed by atoms with Crippen LogP contribution in [0.5, 0.6) is 0 Å². The van der Waals surface area contributed by atoms with Crippen molar-refractivity contribution in [1.82, 2.24) is 4.98 Å². The standard InChI is InChI=1S/C8H13BrN2OS/c1-5(3-6(2)12)10-8-11-7(9)4-13-8/h4-6,12H,3H2,1-2H3,(H,10,11). The molecular weight excluding hydrogens is 252 g/mol.